The normalized spacial score (nSPS) is 12.3. The molecular weight excluding hydrogens is 268 g/mol. The fourth-order valence-corrected chi connectivity index (χ4v) is 4.65. The van der Waals surface area contributed by atoms with E-state index in [9.17, 15) is 8.42 Å². The average Bonchev–Trinajstić information content (AvgIpc) is 2.69. The van der Waals surface area contributed by atoms with Gasteiger partial charge in [-0.3, -0.25) is 0 Å². The molecule has 1 aromatic rings. The molecule has 1 heterocycles. The summed E-state index contributed by atoms with van der Waals surface area (Å²) in [5, 5.41) is 3.23. The summed E-state index contributed by atoms with van der Waals surface area (Å²) in [6, 6.07) is 1.78. The minimum Gasteiger partial charge on any atom is -0.312 e. The molecule has 1 rings (SSSR count). The van der Waals surface area contributed by atoms with Crippen LogP contribution in [0.25, 0.3) is 0 Å². The van der Waals surface area contributed by atoms with Crippen molar-refractivity contribution in [2.24, 2.45) is 0 Å². The second-order valence-electron chi connectivity index (χ2n) is 4.28. The predicted octanol–water partition coefficient (Wildman–Crippen LogP) is 2.20. The minimum atomic E-state index is -3.30. The Bertz CT molecular complexity index is 480. The highest BCUT2D eigenvalue weighted by Gasteiger charge is 2.23. The van der Waals surface area contributed by atoms with Gasteiger partial charge >= 0.3 is 0 Å². The van der Waals surface area contributed by atoms with Gasteiger partial charge in [-0.25, -0.2) is 12.7 Å². The Balaban J connectivity index is 2.96. The van der Waals surface area contributed by atoms with Gasteiger partial charge in [0.05, 0.1) is 0 Å². The van der Waals surface area contributed by atoms with Crippen LogP contribution < -0.4 is 5.32 Å². The lowest BCUT2D eigenvalue weighted by molar-refractivity contribution is 0.470. The molecule has 0 atom stereocenters. The maximum atomic E-state index is 12.3. The van der Waals surface area contributed by atoms with Crippen LogP contribution in [0.2, 0.25) is 0 Å². The van der Waals surface area contributed by atoms with Crippen LogP contribution >= 0.6 is 11.3 Å². The Kier molecular flexibility index (Phi) is 5.78. The molecule has 0 spiro atoms. The van der Waals surface area contributed by atoms with E-state index in [-0.39, 0.29) is 0 Å². The van der Waals surface area contributed by atoms with E-state index in [1.807, 2.05) is 20.8 Å². The number of aryl methyl sites for hydroxylation is 1. The van der Waals surface area contributed by atoms with Gasteiger partial charge in [-0.1, -0.05) is 13.8 Å². The quantitative estimate of drug-likeness (QED) is 0.837. The number of sulfonamides is 1. The van der Waals surface area contributed by atoms with Gasteiger partial charge in [0.15, 0.2) is 0 Å². The molecule has 6 heteroatoms. The van der Waals surface area contributed by atoms with Gasteiger partial charge in [-0.2, -0.15) is 0 Å². The van der Waals surface area contributed by atoms with Crippen molar-refractivity contribution in [1.29, 1.82) is 0 Å². The zero-order valence-electron chi connectivity index (χ0n) is 11.5. The largest absolute Gasteiger partial charge is 0.312 e. The molecule has 0 amide bonds. The molecule has 0 fully saturated rings. The second kappa shape index (κ2) is 6.65. The number of hydrogen-bond donors (Lipinski definition) is 1. The summed E-state index contributed by atoms with van der Waals surface area (Å²) in [6.07, 6.45) is 0.824. The van der Waals surface area contributed by atoms with Crippen LogP contribution in [-0.2, 0) is 16.6 Å². The van der Waals surface area contributed by atoms with Crippen LogP contribution in [-0.4, -0.2) is 32.9 Å². The number of hydrogen-bond acceptors (Lipinski definition) is 4. The lowest BCUT2D eigenvalue weighted by atomic mass is 10.3. The third-order valence-corrected chi connectivity index (χ3v) is 6.28. The molecule has 104 valence electrons. The van der Waals surface area contributed by atoms with Crippen LogP contribution in [0.15, 0.2) is 10.3 Å². The molecule has 0 unspecified atom stereocenters. The van der Waals surface area contributed by atoms with Crippen LogP contribution in [0, 0.1) is 6.92 Å². The van der Waals surface area contributed by atoms with Crippen molar-refractivity contribution in [3.05, 3.63) is 16.5 Å². The monoisotopic (exact) mass is 290 g/mol. The molecule has 0 aliphatic heterocycles. The third-order valence-electron chi connectivity index (χ3n) is 2.74. The Morgan fingerprint density at radius 1 is 1.39 bits per heavy atom. The molecular formula is C12H22N2O2S2. The maximum Gasteiger partial charge on any atom is 0.252 e. The minimum absolute atomic E-state index is 0.448. The third kappa shape index (κ3) is 3.54. The van der Waals surface area contributed by atoms with Crippen LogP contribution in [0.5, 0.6) is 0 Å². The summed E-state index contributed by atoms with van der Waals surface area (Å²) in [5.41, 5.74) is 1.05. The van der Waals surface area contributed by atoms with Crippen LogP contribution in [0.3, 0.4) is 0 Å². The highest BCUT2D eigenvalue weighted by Crippen LogP contribution is 2.28. The topological polar surface area (TPSA) is 49.4 Å². The highest BCUT2D eigenvalue weighted by atomic mass is 32.2. The zero-order valence-corrected chi connectivity index (χ0v) is 13.1. The first-order valence-corrected chi connectivity index (χ1v) is 8.45. The van der Waals surface area contributed by atoms with E-state index in [0.29, 0.717) is 10.8 Å². The Hall–Kier alpha value is -0.430. The number of rotatable bonds is 7. The second-order valence-corrected chi connectivity index (χ2v) is 7.69. The summed E-state index contributed by atoms with van der Waals surface area (Å²) >= 11 is 1.37. The van der Waals surface area contributed by atoms with Gasteiger partial charge in [-0.15, -0.1) is 11.3 Å². The van der Waals surface area contributed by atoms with Gasteiger partial charge in [0.2, 0.25) is 0 Å². The molecule has 0 radical (unpaired) electrons. The number of thiophene rings is 1. The molecule has 4 nitrogen and oxygen atoms in total. The van der Waals surface area contributed by atoms with Crippen molar-refractivity contribution >= 4 is 21.4 Å². The van der Waals surface area contributed by atoms with E-state index in [1.165, 1.54) is 15.6 Å². The molecule has 0 aliphatic rings. The molecule has 0 bridgehead atoms. The van der Waals surface area contributed by atoms with E-state index < -0.39 is 10.0 Å². The summed E-state index contributed by atoms with van der Waals surface area (Å²) in [5.74, 6) is 0. The lowest BCUT2D eigenvalue weighted by Crippen LogP contribution is -2.26. The van der Waals surface area contributed by atoms with Crippen molar-refractivity contribution in [3.8, 4) is 0 Å². The van der Waals surface area contributed by atoms with Gasteiger partial charge in [0.1, 0.15) is 4.21 Å². The van der Waals surface area contributed by atoms with Crippen LogP contribution in [0.4, 0.5) is 0 Å². The summed E-state index contributed by atoms with van der Waals surface area (Å²) in [6.45, 7) is 8.15. The first-order valence-electron chi connectivity index (χ1n) is 6.19. The summed E-state index contributed by atoms with van der Waals surface area (Å²) in [4.78, 5) is 1.10. The highest BCUT2D eigenvalue weighted by molar-refractivity contribution is 7.91. The SMILES string of the molecule is CCCN(C)S(=O)(=O)c1cc(C)c(CNCC)s1. The lowest BCUT2D eigenvalue weighted by Gasteiger charge is -2.14. The average molecular weight is 290 g/mol. The van der Waals surface area contributed by atoms with Gasteiger partial charge in [0, 0.05) is 25.0 Å². The first-order chi connectivity index (χ1) is 8.43. The summed E-state index contributed by atoms with van der Waals surface area (Å²) in [7, 11) is -1.67. The van der Waals surface area contributed by atoms with Gasteiger partial charge in [0.25, 0.3) is 10.0 Å². The first kappa shape index (κ1) is 15.6. The smallest absolute Gasteiger partial charge is 0.252 e. The van der Waals surface area contributed by atoms with Crippen molar-refractivity contribution < 1.29 is 8.42 Å². The number of nitrogens with one attached hydrogen (secondary N) is 1. The van der Waals surface area contributed by atoms with E-state index >= 15 is 0 Å². The standard InChI is InChI=1S/C12H22N2O2S2/c1-5-7-14(4)18(15,16)12-8-10(3)11(17-12)9-13-6-2/h8,13H,5-7,9H2,1-4H3. The van der Waals surface area contributed by atoms with Crippen molar-refractivity contribution in [1.82, 2.24) is 9.62 Å². The summed E-state index contributed by atoms with van der Waals surface area (Å²) < 4.78 is 26.4. The molecule has 0 aliphatic carbocycles. The molecule has 1 N–H and O–H groups in total. The Morgan fingerprint density at radius 2 is 2.06 bits per heavy atom. The van der Waals surface area contributed by atoms with Crippen LogP contribution in [0.1, 0.15) is 30.7 Å². The van der Waals surface area contributed by atoms with E-state index in [2.05, 4.69) is 5.32 Å². The Morgan fingerprint density at radius 3 is 2.61 bits per heavy atom. The molecule has 1 aromatic heterocycles. The van der Waals surface area contributed by atoms with E-state index in [4.69, 9.17) is 0 Å². The Labute approximate surface area is 114 Å². The zero-order chi connectivity index (χ0) is 13.8. The fraction of sp³-hybridized carbons (Fsp3) is 0.667. The predicted molar refractivity (Wildman–Crippen MR) is 76.5 cm³/mol. The van der Waals surface area contributed by atoms with Crippen molar-refractivity contribution in [2.75, 3.05) is 20.1 Å². The molecule has 0 saturated carbocycles. The van der Waals surface area contributed by atoms with Crippen molar-refractivity contribution in [2.45, 2.75) is 37.9 Å². The van der Waals surface area contributed by atoms with Gasteiger partial charge < -0.3 is 5.32 Å². The van der Waals surface area contributed by atoms with Crippen molar-refractivity contribution in [3.63, 3.8) is 0 Å². The maximum absolute atomic E-state index is 12.3. The fourth-order valence-electron chi connectivity index (χ4n) is 1.62. The number of nitrogens with zero attached hydrogens (tertiary/aromatic N) is 1. The molecule has 0 aromatic carbocycles. The molecule has 18 heavy (non-hydrogen) atoms. The van der Waals surface area contributed by atoms with E-state index in [0.717, 1.165) is 30.0 Å². The van der Waals surface area contributed by atoms with Gasteiger partial charge in [-0.05, 0) is 31.5 Å². The van der Waals surface area contributed by atoms with E-state index in [1.54, 1.807) is 13.1 Å². The molecule has 0 saturated heterocycles.